The number of rotatable bonds is 6. The van der Waals surface area contributed by atoms with Crippen molar-refractivity contribution in [3.8, 4) is 11.1 Å². The van der Waals surface area contributed by atoms with Gasteiger partial charge in [0, 0.05) is 35.2 Å². The molecule has 11 heteroatoms. The van der Waals surface area contributed by atoms with E-state index in [1.54, 1.807) is 38.9 Å². The Kier molecular flexibility index (Phi) is 7.74. The first-order chi connectivity index (χ1) is 20.3. The van der Waals surface area contributed by atoms with E-state index < -0.39 is 11.1 Å². The lowest BCUT2D eigenvalue weighted by Crippen LogP contribution is -2.57. The molecule has 4 heterocycles. The number of fused-ring (bicyclic) bond motifs is 1. The van der Waals surface area contributed by atoms with Crippen LogP contribution in [-0.4, -0.2) is 57.3 Å². The molecule has 1 aromatic carbocycles. The Hall–Kier alpha value is -5.06. The zero-order valence-corrected chi connectivity index (χ0v) is 25.6. The van der Waals surface area contributed by atoms with Gasteiger partial charge in [0.2, 0.25) is 0 Å². The molecule has 0 saturated heterocycles. The third-order valence-electron chi connectivity index (χ3n) is 6.85. The molecule has 3 amide bonds. The molecular weight excluding hydrogens is 542 g/mol. The van der Waals surface area contributed by atoms with Crippen LogP contribution in [-0.2, 0) is 6.54 Å². The molecule has 0 aliphatic rings. The van der Waals surface area contributed by atoms with Crippen LogP contribution in [0.25, 0.3) is 16.8 Å². The fourth-order valence-corrected chi connectivity index (χ4v) is 5.23. The number of hydrogen-bond donors (Lipinski definition) is 2. The van der Waals surface area contributed by atoms with Crippen LogP contribution in [0.3, 0.4) is 0 Å². The Labute approximate surface area is 251 Å². The molecule has 0 fully saturated rings. The number of aryl methyl sites for hydroxylation is 1. The van der Waals surface area contributed by atoms with Crippen molar-refractivity contribution in [3.63, 3.8) is 0 Å². The third-order valence-corrected chi connectivity index (χ3v) is 6.85. The largest absolute Gasteiger partial charge is 0.325 e. The number of benzene rings is 1. The molecule has 0 saturated carbocycles. The fourth-order valence-electron chi connectivity index (χ4n) is 5.23. The fraction of sp³-hybridized carbons (Fsp3) is 0.312. The van der Waals surface area contributed by atoms with Crippen LogP contribution >= 0.6 is 0 Å². The molecule has 0 unspecified atom stereocenters. The van der Waals surface area contributed by atoms with Crippen LogP contribution in [0.4, 0.5) is 16.4 Å². The average molecular weight is 580 g/mol. The number of nitrogens with zero attached hydrogens (tertiary/aromatic N) is 7. The van der Waals surface area contributed by atoms with E-state index >= 15 is 0 Å². The van der Waals surface area contributed by atoms with Gasteiger partial charge in [0.05, 0.1) is 29.7 Å². The van der Waals surface area contributed by atoms with Crippen molar-refractivity contribution in [3.05, 3.63) is 90.1 Å². The maximum absolute atomic E-state index is 13.2. The van der Waals surface area contributed by atoms with E-state index in [4.69, 9.17) is 0 Å². The van der Waals surface area contributed by atoms with Gasteiger partial charge in [-0.05, 0) is 77.8 Å². The Morgan fingerprint density at radius 1 is 0.907 bits per heavy atom. The van der Waals surface area contributed by atoms with E-state index in [0.717, 1.165) is 16.7 Å². The molecule has 5 aromatic rings. The second-order valence-corrected chi connectivity index (χ2v) is 12.5. The number of anilines is 2. The highest BCUT2D eigenvalue weighted by Crippen LogP contribution is 2.27. The summed E-state index contributed by atoms with van der Waals surface area (Å²) in [5, 5.41) is 14.6. The number of amides is 3. The van der Waals surface area contributed by atoms with Crippen LogP contribution in [0.1, 0.15) is 63.2 Å². The van der Waals surface area contributed by atoms with Crippen molar-refractivity contribution in [2.45, 2.75) is 66.1 Å². The zero-order chi connectivity index (χ0) is 30.9. The SMILES string of the molecule is Cc1ncc(-c2ccn3nc(NC(=O)N(C(C)(C)C)C(C)(C)C)nc3c2)cc1NC(=O)c1cnn(Cc2ccccc2)c1. The monoisotopic (exact) mass is 579 g/mol. The molecule has 5 rings (SSSR count). The molecule has 0 radical (unpaired) electrons. The van der Waals surface area contributed by atoms with Crippen LogP contribution in [0, 0.1) is 6.92 Å². The van der Waals surface area contributed by atoms with E-state index in [9.17, 15) is 9.59 Å². The number of aromatic nitrogens is 6. The van der Waals surface area contributed by atoms with Gasteiger partial charge < -0.3 is 10.2 Å². The molecule has 43 heavy (non-hydrogen) atoms. The summed E-state index contributed by atoms with van der Waals surface area (Å²) in [5.41, 5.74) is 4.22. The van der Waals surface area contributed by atoms with Crippen molar-refractivity contribution < 1.29 is 9.59 Å². The van der Waals surface area contributed by atoms with Crippen molar-refractivity contribution in [2.75, 3.05) is 10.6 Å². The van der Waals surface area contributed by atoms with Crippen LogP contribution in [0.15, 0.2) is 73.3 Å². The first kappa shape index (κ1) is 29.4. The first-order valence-electron chi connectivity index (χ1n) is 14.1. The van der Waals surface area contributed by atoms with Gasteiger partial charge in [-0.3, -0.25) is 19.8 Å². The molecule has 2 N–H and O–H groups in total. The third kappa shape index (κ3) is 6.72. The number of carbonyl (C=O) groups is 2. The standard InChI is InChI=1S/C32H37N9O2/c1-21-26(35-28(42)25-18-34-39(20-25)19-22-11-9-8-10-12-22)15-24(17-33-21)23-13-14-40-27(16-23)36-29(38-40)37-30(43)41(31(2,3)4)32(5,6)7/h8-18,20H,19H2,1-7H3,(H,35,42)(H,37,38,43). The van der Waals surface area contributed by atoms with Crippen molar-refractivity contribution in [2.24, 2.45) is 0 Å². The lowest BCUT2D eigenvalue weighted by atomic mass is 9.97. The number of nitrogens with one attached hydrogen (secondary N) is 2. The summed E-state index contributed by atoms with van der Waals surface area (Å²) < 4.78 is 3.34. The summed E-state index contributed by atoms with van der Waals surface area (Å²) in [6.07, 6.45) is 6.81. The number of hydrogen-bond acceptors (Lipinski definition) is 6. The minimum Gasteiger partial charge on any atom is -0.320 e. The second kappa shape index (κ2) is 11.3. The van der Waals surface area contributed by atoms with Crippen molar-refractivity contribution in [1.82, 2.24) is 34.3 Å². The predicted molar refractivity (Wildman–Crippen MR) is 167 cm³/mol. The van der Waals surface area contributed by atoms with Gasteiger partial charge in [0.1, 0.15) is 0 Å². The first-order valence-corrected chi connectivity index (χ1v) is 14.1. The predicted octanol–water partition coefficient (Wildman–Crippen LogP) is 6.03. The van der Waals surface area contributed by atoms with E-state index in [1.807, 2.05) is 97.0 Å². The number of urea groups is 1. The summed E-state index contributed by atoms with van der Waals surface area (Å²) in [6, 6.07) is 15.3. The van der Waals surface area contributed by atoms with E-state index in [-0.39, 0.29) is 17.9 Å². The molecule has 0 atom stereocenters. The van der Waals surface area contributed by atoms with Crippen molar-refractivity contribution in [1.29, 1.82) is 0 Å². The van der Waals surface area contributed by atoms with Gasteiger partial charge in [-0.1, -0.05) is 30.3 Å². The molecule has 4 aromatic heterocycles. The Bertz CT molecular complexity index is 1760. The van der Waals surface area contributed by atoms with Crippen LogP contribution < -0.4 is 10.6 Å². The number of carbonyl (C=O) groups excluding carboxylic acids is 2. The Morgan fingerprint density at radius 2 is 1.63 bits per heavy atom. The van der Waals surface area contributed by atoms with Gasteiger partial charge in [-0.15, -0.1) is 5.10 Å². The van der Waals surface area contributed by atoms with Gasteiger partial charge in [0.25, 0.3) is 11.9 Å². The van der Waals surface area contributed by atoms with Gasteiger partial charge in [-0.25, -0.2) is 9.31 Å². The molecule has 0 spiro atoms. The minimum atomic E-state index is -0.400. The molecular formula is C32H37N9O2. The second-order valence-electron chi connectivity index (χ2n) is 12.5. The lowest BCUT2D eigenvalue weighted by molar-refractivity contribution is 0.0826. The molecule has 0 aliphatic carbocycles. The lowest BCUT2D eigenvalue weighted by Gasteiger charge is -2.44. The zero-order valence-electron chi connectivity index (χ0n) is 25.6. The van der Waals surface area contributed by atoms with E-state index in [0.29, 0.717) is 29.1 Å². The van der Waals surface area contributed by atoms with E-state index in [2.05, 4.69) is 30.8 Å². The molecule has 222 valence electrons. The highest BCUT2D eigenvalue weighted by atomic mass is 16.2. The highest BCUT2D eigenvalue weighted by molar-refractivity contribution is 6.04. The topological polar surface area (TPSA) is 122 Å². The summed E-state index contributed by atoms with van der Waals surface area (Å²) in [7, 11) is 0. The minimum absolute atomic E-state index is 0.212. The number of pyridine rings is 2. The maximum Gasteiger partial charge on any atom is 0.325 e. The Morgan fingerprint density at radius 3 is 2.33 bits per heavy atom. The maximum atomic E-state index is 13.2. The summed E-state index contributed by atoms with van der Waals surface area (Å²) in [6.45, 7) is 14.4. The Balaban J connectivity index is 1.32. The average Bonchev–Trinajstić information content (AvgIpc) is 3.55. The van der Waals surface area contributed by atoms with Crippen LogP contribution in [0.2, 0.25) is 0 Å². The molecule has 0 bridgehead atoms. The van der Waals surface area contributed by atoms with Gasteiger partial charge in [0.15, 0.2) is 5.65 Å². The van der Waals surface area contributed by atoms with Crippen LogP contribution in [0.5, 0.6) is 0 Å². The summed E-state index contributed by atoms with van der Waals surface area (Å²) in [5.74, 6) is -0.0577. The van der Waals surface area contributed by atoms with Gasteiger partial charge in [-0.2, -0.15) is 10.1 Å². The van der Waals surface area contributed by atoms with E-state index in [1.165, 1.54) is 0 Å². The summed E-state index contributed by atoms with van der Waals surface area (Å²) in [4.78, 5) is 37.1. The molecule has 0 aliphatic heterocycles. The quantitative estimate of drug-likeness (QED) is 0.253. The molecule has 11 nitrogen and oxygen atoms in total. The normalized spacial score (nSPS) is 11.9. The van der Waals surface area contributed by atoms with Crippen molar-refractivity contribution >= 4 is 29.2 Å². The highest BCUT2D eigenvalue weighted by Gasteiger charge is 2.36. The summed E-state index contributed by atoms with van der Waals surface area (Å²) >= 11 is 0. The smallest absolute Gasteiger partial charge is 0.320 e. The van der Waals surface area contributed by atoms with Gasteiger partial charge >= 0.3 is 6.03 Å².